The van der Waals surface area contributed by atoms with E-state index in [9.17, 15) is 18.0 Å². The third kappa shape index (κ3) is 6.62. The number of halogens is 2. The number of fused-ring (bicyclic) bond motifs is 1. The van der Waals surface area contributed by atoms with E-state index in [0.29, 0.717) is 34.3 Å². The largest absolute Gasteiger partial charge is 0.431 e. The molecule has 54 heavy (non-hydrogen) atoms. The highest BCUT2D eigenvalue weighted by Crippen LogP contribution is 2.45. The summed E-state index contributed by atoms with van der Waals surface area (Å²) in [5.74, 6) is -0.751. The molecule has 0 spiro atoms. The quantitative estimate of drug-likeness (QED) is 0.195. The summed E-state index contributed by atoms with van der Waals surface area (Å²) in [7, 11) is -4.37. The molecular weight excluding hydrogens is 751 g/mol. The molecule has 2 saturated heterocycles. The van der Waals surface area contributed by atoms with Gasteiger partial charge in [-0.05, 0) is 73.4 Å². The van der Waals surface area contributed by atoms with E-state index in [-0.39, 0.29) is 23.9 Å². The van der Waals surface area contributed by atoms with Gasteiger partial charge in [-0.1, -0.05) is 47.5 Å². The Morgan fingerprint density at radius 2 is 1.59 bits per heavy atom. The van der Waals surface area contributed by atoms with Crippen molar-refractivity contribution in [1.82, 2.24) is 23.8 Å². The van der Waals surface area contributed by atoms with Crippen molar-refractivity contribution in [2.24, 2.45) is 0 Å². The van der Waals surface area contributed by atoms with Gasteiger partial charge in [0, 0.05) is 52.3 Å². The number of ether oxygens (including phenoxy) is 1. The Bertz CT molecular complexity index is 2300. The molecule has 2 aromatic heterocycles. The van der Waals surface area contributed by atoms with E-state index in [4.69, 9.17) is 23.2 Å². The van der Waals surface area contributed by atoms with Crippen LogP contribution in [0.25, 0.3) is 11.1 Å². The fraction of sp³-hybridized carbons (Fsp3) is 0.289. The molecule has 0 unspecified atom stereocenters. The van der Waals surface area contributed by atoms with Crippen molar-refractivity contribution in [3.05, 3.63) is 107 Å². The monoisotopic (exact) mass is 787 g/mol. The maximum absolute atomic E-state index is 14.7. The summed E-state index contributed by atoms with van der Waals surface area (Å²) < 4.78 is 36.5. The minimum Gasteiger partial charge on any atom is -0.431 e. The molecule has 2 atom stereocenters. The minimum atomic E-state index is -4.37. The summed E-state index contributed by atoms with van der Waals surface area (Å²) in [4.78, 5) is 44.7. The van der Waals surface area contributed by atoms with Gasteiger partial charge < -0.3 is 15.0 Å². The number of rotatable bonds is 9. The smallest absolute Gasteiger partial charge is 0.261 e. The van der Waals surface area contributed by atoms with Gasteiger partial charge in [-0.25, -0.2) is 28.3 Å². The van der Waals surface area contributed by atoms with Crippen molar-refractivity contribution in [3.63, 3.8) is 0 Å². The number of imidazole rings is 1. The van der Waals surface area contributed by atoms with E-state index in [2.05, 4.69) is 29.9 Å². The molecule has 0 bridgehead atoms. The van der Waals surface area contributed by atoms with Crippen LogP contribution in [0.3, 0.4) is 0 Å². The van der Waals surface area contributed by atoms with Gasteiger partial charge in [0.1, 0.15) is 17.9 Å². The maximum atomic E-state index is 14.7. The molecule has 5 heterocycles. The first-order valence-electron chi connectivity index (χ1n) is 17.6. The fourth-order valence-corrected chi connectivity index (χ4v) is 9.89. The summed E-state index contributed by atoms with van der Waals surface area (Å²) in [5, 5.41) is 3.33. The van der Waals surface area contributed by atoms with Crippen LogP contribution in [0.2, 0.25) is 10.0 Å². The molecular formula is C38H37Cl2N8O5S+. The van der Waals surface area contributed by atoms with Crippen LogP contribution in [-0.4, -0.2) is 87.7 Å². The Hall–Kier alpha value is -4.86. The van der Waals surface area contributed by atoms with E-state index in [1.54, 1.807) is 37.5 Å². The third-order valence-electron chi connectivity index (χ3n) is 10.2. The maximum Gasteiger partial charge on any atom is 0.261 e. The first-order valence-corrected chi connectivity index (χ1v) is 19.8. The Morgan fingerprint density at radius 3 is 2.28 bits per heavy atom. The third-order valence-corrected chi connectivity index (χ3v) is 12.5. The van der Waals surface area contributed by atoms with Crippen molar-refractivity contribution in [3.8, 4) is 11.1 Å². The van der Waals surface area contributed by atoms with Crippen LogP contribution >= 0.6 is 23.2 Å². The number of aliphatic hydroxyl groups is 2. The first kappa shape index (κ1) is 36.1. The molecule has 0 aliphatic carbocycles. The molecule has 2 amide bonds. The number of sulfonamides is 1. The van der Waals surface area contributed by atoms with E-state index in [1.807, 2.05) is 48.5 Å². The molecule has 0 radical (unpaired) electrons. The lowest BCUT2D eigenvalue weighted by Gasteiger charge is -2.29. The molecule has 0 saturated carbocycles. The van der Waals surface area contributed by atoms with Crippen molar-refractivity contribution < 1.29 is 22.7 Å². The number of hydrogen-bond donors (Lipinski definition) is 1. The number of aromatic nitrogens is 4. The van der Waals surface area contributed by atoms with Gasteiger partial charge in [0.25, 0.3) is 15.9 Å². The Labute approximate surface area is 322 Å². The number of nitrogens with one attached hydrogen (secondary N) is 1. The molecule has 16 heteroatoms. The van der Waals surface area contributed by atoms with Crippen LogP contribution in [0.5, 0.6) is 0 Å². The number of morpholine rings is 1. The van der Waals surface area contributed by atoms with Gasteiger partial charge in [-0.15, -0.1) is 0 Å². The fourth-order valence-electron chi connectivity index (χ4n) is 7.53. The average molecular weight is 789 g/mol. The zero-order valence-corrected chi connectivity index (χ0v) is 31.6. The second-order valence-corrected chi connectivity index (χ2v) is 16.5. The van der Waals surface area contributed by atoms with E-state index < -0.39 is 33.4 Å². The highest BCUT2D eigenvalue weighted by atomic mass is 35.5. The van der Waals surface area contributed by atoms with Gasteiger partial charge >= 0.3 is 0 Å². The summed E-state index contributed by atoms with van der Waals surface area (Å²) in [5.41, 5.74) is 2.99. The lowest BCUT2D eigenvalue weighted by atomic mass is 9.91. The van der Waals surface area contributed by atoms with Crippen LogP contribution < -0.4 is 15.1 Å². The molecule has 8 rings (SSSR count). The highest BCUT2D eigenvalue weighted by molar-refractivity contribution is 7.89. The van der Waals surface area contributed by atoms with Crippen molar-refractivity contribution in [2.75, 3.05) is 48.0 Å². The van der Waals surface area contributed by atoms with Gasteiger partial charge in [-0.3, -0.25) is 14.2 Å². The van der Waals surface area contributed by atoms with Crippen LogP contribution in [0.1, 0.15) is 25.3 Å². The molecule has 13 nitrogen and oxygen atoms in total. The summed E-state index contributed by atoms with van der Waals surface area (Å²) in [6.45, 7) is 5.06. The zero-order valence-electron chi connectivity index (χ0n) is 29.3. The summed E-state index contributed by atoms with van der Waals surface area (Å²) in [6.07, 6.45) is 7.08. The molecule has 5 aromatic rings. The Kier molecular flexibility index (Phi) is 9.65. The average Bonchev–Trinajstić information content (AvgIpc) is 3.90. The van der Waals surface area contributed by atoms with Crippen LogP contribution in [0.4, 0.5) is 23.0 Å². The summed E-state index contributed by atoms with van der Waals surface area (Å²) >= 11 is 12.8. The highest BCUT2D eigenvalue weighted by Gasteiger charge is 2.53. The molecule has 2 fully saturated rings. The SMILES string of the molecule is C[C@@]1(Cc2ccc(-c3cncnc3)cc2)C(=O)N(c2cc(Cl)cc(Cl)c2)c2ncc(S(=O)(=O)N3CCC[C@H]3C(=O)Nc3ccc(N4CC[OH+]CC4)cc3)n21. The first-order chi connectivity index (χ1) is 26.0. The predicted octanol–water partition coefficient (Wildman–Crippen LogP) is 5.42. The number of anilines is 4. The van der Waals surface area contributed by atoms with E-state index >= 15 is 0 Å². The summed E-state index contributed by atoms with van der Waals surface area (Å²) in [6, 6.07) is 18.9. The van der Waals surface area contributed by atoms with E-state index in [1.165, 1.54) is 26.3 Å². The number of nitrogens with zero attached hydrogens (tertiary/aromatic N) is 7. The van der Waals surface area contributed by atoms with Crippen LogP contribution in [-0.2, 0) is 31.6 Å². The topological polar surface area (TPSA) is 146 Å². The van der Waals surface area contributed by atoms with Gasteiger partial charge in [-0.2, -0.15) is 4.31 Å². The molecule has 3 aliphatic heterocycles. The molecule has 3 aromatic carbocycles. The predicted molar refractivity (Wildman–Crippen MR) is 207 cm³/mol. The van der Waals surface area contributed by atoms with Gasteiger partial charge in [0.2, 0.25) is 11.9 Å². The van der Waals surface area contributed by atoms with Crippen LogP contribution in [0, 0.1) is 0 Å². The number of amides is 2. The minimum absolute atomic E-state index is 0.0973. The van der Waals surface area contributed by atoms with Gasteiger partial charge in [0.15, 0.2) is 18.2 Å². The molecule has 278 valence electrons. The normalized spacial score (nSPS) is 20.4. The van der Waals surface area contributed by atoms with E-state index in [0.717, 1.165) is 48.7 Å². The second kappa shape index (κ2) is 14.4. The Balaban J connectivity index is 1.12. The zero-order chi connectivity index (χ0) is 37.6. The number of carbonyl (C=O) groups is 2. The standard InChI is InChI=1S/C38H36Cl2N8O5S/c1-38(20-25-4-6-26(7-5-25)27-21-41-24-42-22-27)36(50)47(32-18-28(39)17-29(40)19-32)37-43-23-34(48(37)38)54(51,52)46-12-2-3-33(46)35(49)44-30-8-10-31(11-9-30)45-13-15-53-16-14-45/h4-11,17-19,21-24,33H,2-3,12-16,20H2,1H3,(H,44,49)/p+1/t33-,38+/m0/s1. The molecule has 3 aliphatic rings. The number of carbonyl (C=O) groups excluding carboxylic acids is 2. The lowest BCUT2D eigenvalue weighted by molar-refractivity contribution is -0.124. The van der Waals surface area contributed by atoms with Crippen molar-refractivity contribution in [1.29, 1.82) is 0 Å². The molecule has 2 N–H and O–H groups in total. The second-order valence-electron chi connectivity index (χ2n) is 13.7. The lowest BCUT2D eigenvalue weighted by Crippen LogP contribution is -2.46. The van der Waals surface area contributed by atoms with Crippen LogP contribution in [0.15, 0.2) is 96.7 Å². The number of benzene rings is 3. The Morgan fingerprint density at radius 1 is 0.907 bits per heavy atom. The number of hydrogen-bond acceptors (Lipinski definition) is 8. The van der Waals surface area contributed by atoms with Crippen molar-refractivity contribution in [2.45, 2.75) is 42.8 Å². The van der Waals surface area contributed by atoms with Gasteiger partial charge in [0.05, 0.1) is 25.0 Å². The van der Waals surface area contributed by atoms with Crippen molar-refractivity contribution >= 4 is 68.1 Å².